The smallest absolute Gasteiger partial charge is 0.0566 e. The van der Waals surface area contributed by atoms with E-state index in [9.17, 15) is 0 Å². The van der Waals surface area contributed by atoms with Crippen molar-refractivity contribution >= 4 is 11.3 Å². The number of hydrogen-bond acceptors (Lipinski definition) is 3. The van der Waals surface area contributed by atoms with Crippen molar-refractivity contribution in [3.8, 4) is 0 Å². The number of hydrogen-bond donors (Lipinski definition) is 1. The van der Waals surface area contributed by atoms with Gasteiger partial charge < -0.3 is 5.73 Å². The van der Waals surface area contributed by atoms with Crippen molar-refractivity contribution in [2.24, 2.45) is 17.6 Å². The highest BCUT2D eigenvalue weighted by Crippen LogP contribution is 2.34. The third-order valence-electron chi connectivity index (χ3n) is 4.14. The molecule has 1 aromatic rings. The highest BCUT2D eigenvalue weighted by atomic mass is 32.1. The van der Waals surface area contributed by atoms with E-state index in [1.807, 2.05) is 11.3 Å². The maximum Gasteiger partial charge on any atom is 0.0566 e. The van der Waals surface area contributed by atoms with E-state index < -0.39 is 0 Å². The van der Waals surface area contributed by atoms with E-state index in [2.05, 4.69) is 43.2 Å². The number of nitrogens with two attached hydrogens (primary N) is 1. The summed E-state index contributed by atoms with van der Waals surface area (Å²) in [6, 6.07) is 5.40. The molecule has 96 valence electrons. The minimum absolute atomic E-state index is 0.412. The first-order valence-electron chi connectivity index (χ1n) is 6.62. The lowest BCUT2D eigenvalue weighted by Gasteiger charge is -2.44. The van der Waals surface area contributed by atoms with Gasteiger partial charge in [-0.3, -0.25) is 4.90 Å². The fraction of sp³-hybridized carbons (Fsp3) is 0.714. The molecule has 1 aliphatic rings. The summed E-state index contributed by atoms with van der Waals surface area (Å²) >= 11 is 1.83. The van der Waals surface area contributed by atoms with Crippen LogP contribution in [-0.2, 0) is 0 Å². The summed E-state index contributed by atoms with van der Waals surface area (Å²) in [4.78, 5) is 4.03. The van der Waals surface area contributed by atoms with Gasteiger partial charge in [0.1, 0.15) is 0 Å². The minimum atomic E-state index is 0.412. The van der Waals surface area contributed by atoms with Crippen LogP contribution in [0.25, 0.3) is 0 Å². The Balaban J connectivity index is 2.18. The second kappa shape index (κ2) is 5.51. The van der Waals surface area contributed by atoms with Crippen molar-refractivity contribution in [3.05, 3.63) is 22.4 Å². The topological polar surface area (TPSA) is 29.3 Å². The number of piperidine rings is 1. The first-order valence-corrected chi connectivity index (χ1v) is 7.50. The number of thiophene rings is 1. The van der Waals surface area contributed by atoms with Crippen LogP contribution < -0.4 is 5.73 Å². The molecule has 0 aliphatic carbocycles. The maximum atomic E-state index is 6.01. The highest BCUT2D eigenvalue weighted by Gasteiger charge is 2.33. The van der Waals surface area contributed by atoms with Gasteiger partial charge in [-0.1, -0.05) is 19.9 Å². The SMILES string of the molecule is CC1CC(C)C(C)N(C(CN)c2cccs2)C1. The Morgan fingerprint density at radius 3 is 2.82 bits per heavy atom. The molecule has 0 amide bonds. The lowest BCUT2D eigenvalue weighted by molar-refractivity contribution is 0.0437. The van der Waals surface area contributed by atoms with Gasteiger partial charge >= 0.3 is 0 Å². The van der Waals surface area contributed by atoms with Crippen molar-refractivity contribution in [3.63, 3.8) is 0 Å². The van der Waals surface area contributed by atoms with Gasteiger partial charge in [-0.05, 0) is 36.6 Å². The molecule has 4 unspecified atom stereocenters. The van der Waals surface area contributed by atoms with Crippen LogP contribution in [0.1, 0.15) is 38.1 Å². The van der Waals surface area contributed by atoms with Crippen LogP contribution in [0, 0.1) is 11.8 Å². The molecule has 4 atom stereocenters. The van der Waals surface area contributed by atoms with Crippen LogP contribution in [0.4, 0.5) is 0 Å². The predicted octanol–water partition coefficient (Wildman–Crippen LogP) is 3.11. The summed E-state index contributed by atoms with van der Waals surface area (Å²) in [5.41, 5.74) is 6.01. The Hall–Kier alpha value is -0.380. The molecule has 2 nitrogen and oxygen atoms in total. The molecule has 0 spiro atoms. The van der Waals surface area contributed by atoms with E-state index in [0.717, 1.165) is 18.4 Å². The average Bonchev–Trinajstić information content (AvgIpc) is 2.79. The molecule has 1 saturated heterocycles. The summed E-state index contributed by atoms with van der Waals surface area (Å²) in [6.45, 7) is 9.00. The summed E-state index contributed by atoms with van der Waals surface area (Å²) < 4.78 is 0. The van der Waals surface area contributed by atoms with E-state index in [0.29, 0.717) is 12.1 Å². The Kier molecular flexibility index (Phi) is 4.23. The van der Waals surface area contributed by atoms with E-state index in [1.165, 1.54) is 17.8 Å². The van der Waals surface area contributed by atoms with Crippen molar-refractivity contribution in [1.29, 1.82) is 0 Å². The lowest BCUT2D eigenvalue weighted by Crippen LogP contribution is -2.49. The molecular formula is C14H24N2S. The molecular weight excluding hydrogens is 228 g/mol. The molecule has 1 aliphatic heterocycles. The van der Waals surface area contributed by atoms with E-state index in [-0.39, 0.29) is 0 Å². The van der Waals surface area contributed by atoms with Gasteiger partial charge in [0.25, 0.3) is 0 Å². The summed E-state index contributed by atoms with van der Waals surface area (Å²) in [6.07, 6.45) is 1.35. The zero-order valence-corrected chi connectivity index (χ0v) is 11.9. The largest absolute Gasteiger partial charge is 0.329 e. The highest BCUT2D eigenvalue weighted by molar-refractivity contribution is 7.10. The number of nitrogens with zero attached hydrogens (tertiary/aromatic N) is 1. The fourth-order valence-electron chi connectivity index (χ4n) is 3.07. The van der Waals surface area contributed by atoms with Crippen LogP contribution in [0.5, 0.6) is 0 Å². The quantitative estimate of drug-likeness (QED) is 0.895. The standard InChI is InChI=1S/C14H24N2S/c1-10-7-11(2)12(3)16(9-10)13(8-15)14-5-4-6-17-14/h4-6,10-13H,7-9,15H2,1-3H3. The van der Waals surface area contributed by atoms with E-state index in [1.54, 1.807) is 0 Å². The third kappa shape index (κ3) is 2.72. The second-order valence-electron chi connectivity index (χ2n) is 5.52. The van der Waals surface area contributed by atoms with Gasteiger partial charge in [0, 0.05) is 24.0 Å². The van der Waals surface area contributed by atoms with Gasteiger partial charge in [-0.2, -0.15) is 0 Å². The van der Waals surface area contributed by atoms with Crippen LogP contribution in [0.3, 0.4) is 0 Å². The molecule has 17 heavy (non-hydrogen) atoms. The van der Waals surface area contributed by atoms with Gasteiger partial charge in [-0.15, -0.1) is 11.3 Å². The van der Waals surface area contributed by atoms with Crippen molar-refractivity contribution in [2.45, 2.75) is 39.3 Å². The predicted molar refractivity (Wildman–Crippen MR) is 75.2 cm³/mol. The molecule has 3 heteroatoms. The van der Waals surface area contributed by atoms with Gasteiger partial charge in [-0.25, -0.2) is 0 Å². The number of rotatable bonds is 3. The molecule has 1 aromatic heterocycles. The summed E-state index contributed by atoms with van der Waals surface area (Å²) in [5, 5.41) is 2.15. The average molecular weight is 252 g/mol. The Morgan fingerprint density at radius 2 is 2.24 bits per heavy atom. The first kappa shape index (κ1) is 13.1. The van der Waals surface area contributed by atoms with Crippen LogP contribution in [0.15, 0.2) is 17.5 Å². The molecule has 0 radical (unpaired) electrons. The Morgan fingerprint density at radius 1 is 1.47 bits per heavy atom. The molecule has 2 heterocycles. The van der Waals surface area contributed by atoms with Gasteiger partial charge in [0.05, 0.1) is 6.04 Å². The molecule has 1 fully saturated rings. The summed E-state index contributed by atoms with van der Waals surface area (Å²) in [5.74, 6) is 1.56. The zero-order valence-electron chi connectivity index (χ0n) is 11.1. The van der Waals surface area contributed by atoms with Crippen LogP contribution in [0.2, 0.25) is 0 Å². The molecule has 2 N–H and O–H groups in total. The fourth-order valence-corrected chi connectivity index (χ4v) is 3.93. The van der Waals surface area contributed by atoms with Crippen LogP contribution >= 0.6 is 11.3 Å². The normalized spacial score (nSPS) is 32.6. The summed E-state index contributed by atoms with van der Waals surface area (Å²) in [7, 11) is 0. The molecule has 0 bridgehead atoms. The van der Waals surface area contributed by atoms with E-state index >= 15 is 0 Å². The van der Waals surface area contributed by atoms with Gasteiger partial charge in [0.2, 0.25) is 0 Å². The third-order valence-corrected chi connectivity index (χ3v) is 5.11. The van der Waals surface area contributed by atoms with Crippen molar-refractivity contribution in [2.75, 3.05) is 13.1 Å². The molecule has 2 rings (SSSR count). The monoisotopic (exact) mass is 252 g/mol. The molecule has 0 aromatic carbocycles. The van der Waals surface area contributed by atoms with Crippen LogP contribution in [-0.4, -0.2) is 24.0 Å². The number of likely N-dealkylation sites (tertiary alicyclic amines) is 1. The lowest BCUT2D eigenvalue weighted by atomic mass is 9.85. The second-order valence-corrected chi connectivity index (χ2v) is 6.50. The van der Waals surface area contributed by atoms with Crippen molar-refractivity contribution < 1.29 is 0 Å². The maximum absolute atomic E-state index is 6.01. The van der Waals surface area contributed by atoms with Gasteiger partial charge in [0.15, 0.2) is 0 Å². The first-order chi connectivity index (χ1) is 8.13. The minimum Gasteiger partial charge on any atom is -0.329 e. The molecule has 0 saturated carbocycles. The van der Waals surface area contributed by atoms with Crippen molar-refractivity contribution in [1.82, 2.24) is 4.90 Å². The zero-order chi connectivity index (χ0) is 12.4. The Bertz CT molecular complexity index is 336. The Labute approximate surface area is 109 Å². The van der Waals surface area contributed by atoms with E-state index in [4.69, 9.17) is 5.73 Å².